The average Bonchev–Trinajstić information content (AvgIpc) is 2.47. The molecule has 1 aliphatic heterocycles. The van der Waals surface area contributed by atoms with Crippen molar-refractivity contribution >= 4 is 5.97 Å². The summed E-state index contributed by atoms with van der Waals surface area (Å²) in [5, 5.41) is 9.92. The van der Waals surface area contributed by atoms with Crippen molar-refractivity contribution in [1.29, 1.82) is 0 Å². The topological polar surface area (TPSA) is 65.0 Å². The number of carbonyl (C=O) groups is 1. The highest BCUT2D eigenvalue weighted by Crippen LogP contribution is 2.28. The molecule has 1 fully saturated rings. The zero-order valence-corrected chi connectivity index (χ0v) is 10.9. The highest BCUT2D eigenvalue weighted by atomic mass is 16.5. The first kappa shape index (κ1) is 13.8. The zero-order chi connectivity index (χ0) is 13.7. The number of para-hydroxylation sites is 1. The number of esters is 1. The molecular weight excluding hydrogens is 248 g/mol. The number of aliphatic hydroxyl groups is 1. The van der Waals surface area contributed by atoms with Gasteiger partial charge in [-0.3, -0.25) is 0 Å². The third-order valence-corrected chi connectivity index (χ3v) is 3.10. The number of rotatable bonds is 4. The quantitative estimate of drug-likeness (QED) is 0.836. The summed E-state index contributed by atoms with van der Waals surface area (Å²) in [7, 11) is 1.24. The molecule has 5 heteroatoms. The predicted molar refractivity (Wildman–Crippen MR) is 67.9 cm³/mol. The van der Waals surface area contributed by atoms with Gasteiger partial charge in [0.25, 0.3) is 0 Å². The normalized spacial score (nSPS) is 17.8. The second-order valence-electron chi connectivity index (χ2n) is 4.39. The van der Waals surface area contributed by atoms with Crippen LogP contribution in [0.1, 0.15) is 24.5 Å². The summed E-state index contributed by atoms with van der Waals surface area (Å²) in [5.74, 6) is -0.171. The molecule has 0 spiro atoms. The summed E-state index contributed by atoms with van der Waals surface area (Å²) in [5.41, 5.74) is 0.431. The van der Waals surface area contributed by atoms with Crippen LogP contribution in [0.5, 0.6) is 5.75 Å². The van der Waals surface area contributed by atoms with Crippen molar-refractivity contribution in [2.24, 2.45) is 0 Å². The van der Waals surface area contributed by atoms with Gasteiger partial charge in [0.2, 0.25) is 0 Å². The number of carbonyl (C=O) groups excluding carboxylic acids is 1. The Morgan fingerprint density at radius 3 is 2.74 bits per heavy atom. The van der Waals surface area contributed by atoms with Crippen LogP contribution >= 0.6 is 0 Å². The lowest BCUT2D eigenvalue weighted by molar-refractivity contribution is -0.150. The summed E-state index contributed by atoms with van der Waals surface area (Å²) in [6, 6.07) is 6.97. The van der Waals surface area contributed by atoms with Crippen LogP contribution in [0.15, 0.2) is 24.3 Å². The Hall–Kier alpha value is -1.59. The molecule has 1 heterocycles. The Labute approximate surface area is 112 Å². The van der Waals surface area contributed by atoms with Crippen LogP contribution in [0.4, 0.5) is 0 Å². The van der Waals surface area contributed by atoms with Crippen molar-refractivity contribution in [3.8, 4) is 5.75 Å². The predicted octanol–water partition coefficient (Wildman–Crippen LogP) is 1.45. The zero-order valence-electron chi connectivity index (χ0n) is 10.9. The van der Waals surface area contributed by atoms with Gasteiger partial charge in [-0.1, -0.05) is 18.2 Å². The molecule has 104 valence electrons. The number of aliphatic hydroxyl groups excluding tert-OH is 1. The number of hydrogen-bond donors (Lipinski definition) is 1. The van der Waals surface area contributed by atoms with Crippen molar-refractivity contribution in [2.75, 3.05) is 20.3 Å². The summed E-state index contributed by atoms with van der Waals surface area (Å²) in [6.07, 6.45) is 0.353. The SMILES string of the molecule is COC(=O)C(O)c1ccccc1OC1CCOCC1. The second-order valence-corrected chi connectivity index (χ2v) is 4.39. The molecule has 1 aromatic rings. The minimum absolute atomic E-state index is 0.0553. The monoisotopic (exact) mass is 266 g/mol. The fourth-order valence-electron chi connectivity index (χ4n) is 2.03. The molecule has 1 unspecified atom stereocenters. The molecule has 1 atom stereocenters. The Kier molecular flexibility index (Phi) is 4.76. The van der Waals surface area contributed by atoms with Crippen molar-refractivity contribution in [3.63, 3.8) is 0 Å². The third kappa shape index (κ3) is 3.45. The lowest BCUT2D eigenvalue weighted by atomic mass is 10.1. The van der Waals surface area contributed by atoms with Gasteiger partial charge in [-0.2, -0.15) is 0 Å². The summed E-state index contributed by atoms with van der Waals surface area (Å²) in [6.45, 7) is 1.35. The molecule has 0 aromatic heterocycles. The molecule has 0 aliphatic carbocycles. The Morgan fingerprint density at radius 2 is 2.05 bits per heavy atom. The van der Waals surface area contributed by atoms with E-state index >= 15 is 0 Å². The molecule has 1 aliphatic rings. The maximum atomic E-state index is 11.4. The standard InChI is InChI=1S/C14H18O5/c1-17-14(16)13(15)11-4-2-3-5-12(11)19-10-6-8-18-9-7-10/h2-5,10,13,15H,6-9H2,1H3. The summed E-state index contributed by atoms with van der Waals surface area (Å²) >= 11 is 0. The van der Waals surface area contributed by atoms with Gasteiger partial charge < -0.3 is 19.3 Å². The van der Waals surface area contributed by atoms with Gasteiger partial charge in [0.1, 0.15) is 11.9 Å². The maximum absolute atomic E-state index is 11.4. The van der Waals surface area contributed by atoms with Crippen molar-refractivity contribution in [3.05, 3.63) is 29.8 Å². The molecule has 1 N–H and O–H groups in total. The molecule has 1 saturated heterocycles. The van der Waals surface area contributed by atoms with E-state index in [1.807, 2.05) is 6.07 Å². The Balaban J connectivity index is 2.13. The first-order chi connectivity index (χ1) is 9.22. The van der Waals surface area contributed by atoms with Crippen LogP contribution in [0.2, 0.25) is 0 Å². The minimum atomic E-state index is -1.32. The lowest BCUT2D eigenvalue weighted by Gasteiger charge is -2.25. The van der Waals surface area contributed by atoms with Gasteiger partial charge in [0, 0.05) is 18.4 Å². The maximum Gasteiger partial charge on any atom is 0.339 e. The van der Waals surface area contributed by atoms with E-state index in [4.69, 9.17) is 9.47 Å². The van der Waals surface area contributed by atoms with Crippen LogP contribution in [-0.4, -0.2) is 37.5 Å². The van der Waals surface area contributed by atoms with E-state index in [1.165, 1.54) is 7.11 Å². The van der Waals surface area contributed by atoms with E-state index in [1.54, 1.807) is 18.2 Å². The van der Waals surface area contributed by atoms with Crippen molar-refractivity contribution < 1.29 is 24.1 Å². The van der Waals surface area contributed by atoms with Gasteiger partial charge >= 0.3 is 5.97 Å². The Bertz CT molecular complexity index is 426. The number of hydrogen-bond acceptors (Lipinski definition) is 5. The minimum Gasteiger partial charge on any atom is -0.490 e. The van der Waals surface area contributed by atoms with E-state index in [0.29, 0.717) is 24.5 Å². The lowest BCUT2D eigenvalue weighted by Crippen LogP contribution is -2.26. The number of methoxy groups -OCH3 is 1. The van der Waals surface area contributed by atoms with Gasteiger partial charge in [-0.15, -0.1) is 0 Å². The molecule has 0 saturated carbocycles. The highest BCUT2D eigenvalue weighted by molar-refractivity contribution is 5.77. The smallest absolute Gasteiger partial charge is 0.339 e. The van der Waals surface area contributed by atoms with E-state index in [2.05, 4.69) is 4.74 Å². The van der Waals surface area contributed by atoms with E-state index in [0.717, 1.165) is 12.8 Å². The van der Waals surface area contributed by atoms with Gasteiger partial charge in [0.15, 0.2) is 6.10 Å². The fraction of sp³-hybridized carbons (Fsp3) is 0.500. The molecule has 0 amide bonds. The molecule has 0 radical (unpaired) electrons. The van der Waals surface area contributed by atoms with Crippen LogP contribution < -0.4 is 4.74 Å². The largest absolute Gasteiger partial charge is 0.490 e. The molecule has 1 aromatic carbocycles. The first-order valence-corrected chi connectivity index (χ1v) is 6.31. The van der Waals surface area contributed by atoms with Gasteiger partial charge in [-0.25, -0.2) is 4.79 Å². The van der Waals surface area contributed by atoms with Gasteiger partial charge in [-0.05, 0) is 6.07 Å². The van der Waals surface area contributed by atoms with Crippen LogP contribution in [0, 0.1) is 0 Å². The highest BCUT2D eigenvalue weighted by Gasteiger charge is 2.23. The molecular formula is C14H18O5. The number of ether oxygens (including phenoxy) is 3. The molecule has 5 nitrogen and oxygen atoms in total. The third-order valence-electron chi connectivity index (χ3n) is 3.10. The van der Waals surface area contributed by atoms with Gasteiger partial charge in [0.05, 0.1) is 20.3 Å². The summed E-state index contributed by atoms with van der Waals surface area (Å²) < 4.78 is 15.7. The van der Waals surface area contributed by atoms with E-state index in [-0.39, 0.29) is 6.10 Å². The van der Waals surface area contributed by atoms with Crippen LogP contribution in [-0.2, 0) is 14.3 Å². The van der Waals surface area contributed by atoms with Crippen LogP contribution in [0.25, 0.3) is 0 Å². The van der Waals surface area contributed by atoms with Crippen molar-refractivity contribution in [2.45, 2.75) is 25.0 Å². The fourth-order valence-corrected chi connectivity index (χ4v) is 2.03. The first-order valence-electron chi connectivity index (χ1n) is 6.31. The van der Waals surface area contributed by atoms with Crippen LogP contribution in [0.3, 0.4) is 0 Å². The molecule has 2 rings (SSSR count). The van der Waals surface area contributed by atoms with Crippen molar-refractivity contribution in [1.82, 2.24) is 0 Å². The number of benzene rings is 1. The van der Waals surface area contributed by atoms with E-state index in [9.17, 15) is 9.90 Å². The van der Waals surface area contributed by atoms with E-state index < -0.39 is 12.1 Å². The molecule has 19 heavy (non-hydrogen) atoms. The molecule has 0 bridgehead atoms. The second kappa shape index (κ2) is 6.54. The summed E-state index contributed by atoms with van der Waals surface area (Å²) in [4.78, 5) is 11.4. The Morgan fingerprint density at radius 1 is 1.37 bits per heavy atom. The average molecular weight is 266 g/mol.